The largest absolute Gasteiger partial charge is 0.377 e. The Morgan fingerprint density at radius 2 is 2.05 bits per heavy atom. The van der Waals surface area contributed by atoms with Gasteiger partial charge in [0.15, 0.2) is 0 Å². The lowest BCUT2D eigenvalue weighted by atomic mass is 10.0. The average molecular weight is 290 g/mol. The van der Waals surface area contributed by atoms with Gasteiger partial charge in [-0.15, -0.1) is 0 Å². The third-order valence-electron chi connectivity index (χ3n) is 4.11. The molecule has 21 heavy (non-hydrogen) atoms. The number of likely N-dealkylation sites (tertiary alicyclic amines) is 1. The van der Waals surface area contributed by atoms with Crippen LogP contribution in [0.2, 0.25) is 0 Å². The molecule has 0 atom stereocenters. The van der Waals surface area contributed by atoms with Gasteiger partial charge in [0.25, 0.3) is 0 Å². The Labute approximate surface area is 127 Å². The molecule has 1 aliphatic heterocycles. The number of hydrogen-bond donors (Lipinski definition) is 1. The van der Waals surface area contributed by atoms with Crippen molar-refractivity contribution in [3.05, 3.63) is 34.9 Å². The quantitative estimate of drug-likeness (QED) is 0.900. The summed E-state index contributed by atoms with van der Waals surface area (Å²) in [6.07, 6.45) is 2.59. The number of aryl methyl sites for hydroxylation is 2. The maximum Gasteiger partial charge on any atom is 0.227 e. The summed E-state index contributed by atoms with van der Waals surface area (Å²) >= 11 is 0. The van der Waals surface area contributed by atoms with Crippen molar-refractivity contribution in [3.8, 4) is 0 Å². The van der Waals surface area contributed by atoms with Crippen LogP contribution < -0.4 is 5.73 Å². The molecule has 1 saturated heterocycles. The second-order valence-corrected chi connectivity index (χ2v) is 5.85. The van der Waals surface area contributed by atoms with Gasteiger partial charge in [-0.05, 0) is 37.8 Å². The third kappa shape index (κ3) is 4.55. The molecule has 2 N–H and O–H groups in total. The van der Waals surface area contributed by atoms with E-state index in [1.165, 1.54) is 11.1 Å². The first kappa shape index (κ1) is 16.0. The highest BCUT2D eigenvalue weighted by molar-refractivity contribution is 5.79. The molecule has 1 fully saturated rings. The minimum Gasteiger partial charge on any atom is -0.377 e. The maximum absolute atomic E-state index is 12.4. The summed E-state index contributed by atoms with van der Waals surface area (Å²) in [6, 6.07) is 6.29. The molecule has 0 aromatic heterocycles. The Morgan fingerprint density at radius 3 is 2.71 bits per heavy atom. The Bertz CT molecular complexity index is 480. The van der Waals surface area contributed by atoms with E-state index in [-0.39, 0.29) is 12.0 Å². The molecule has 4 heteroatoms. The van der Waals surface area contributed by atoms with Crippen LogP contribution in [0.3, 0.4) is 0 Å². The average Bonchev–Trinajstić information content (AvgIpc) is 2.49. The van der Waals surface area contributed by atoms with Crippen LogP contribution in [0.4, 0.5) is 0 Å². The highest BCUT2D eigenvalue weighted by Gasteiger charge is 2.23. The monoisotopic (exact) mass is 290 g/mol. The lowest BCUT2D eigenvalue weighted by molar-refractivity contribution is -0.133. The highest BCUT2D eigenvalue weighted by atomic mass is 16.5. The Kier molecular flexibility index (Phi) is 5.76. The first-order valence-electron chi connectivity index (χ1n) is 7.75. The van der Waals surface area contributed by atoms with Crippen molar-refractivity contribution in [2.45, 2.75) is 39.2 Å². The van der Waals surface area contributed by atoms with Crippen molar-refractivity contribution in [3.63, 3.8) is 0 Å². The summed E-state index contributed by atoms with van der Waals surface area (Å²) in [5, 5.41) is 0. The second-order valence-electron chi connectivity index (χ2n) is 5.85. The van der Waals surface area contributed by atoms with E-state index in [1.807, 2.05) is 4.90 Å². The number of amides is 1. The van der Waals surface area contributed by atoms with E-state index in [1.54, 1.807) is 0 Å². The molecule has 1 aliphatic rings. The summed E-state index contributed by atoms with van der Waals surface area (Å²) in [7, 11) is 0. The first-order valence-corrected chi connectivity index (χ1v) is 7.75. The number of piperidine rings is 1. The molecule has 0 unspecified atom stereocenters. The van der Waals surface area contributed by atoms with Gasteiger partial charge in [0, 0.05) is 19.6 Å². The van der Waals surface area contributed by atoms with E-state index in [2.05, 4.69) is 32.0 Å². The second kappa shape index (κ2) is 7.57. The molecule has 0 bridgehead atoms. The molecule has 4 nitrogen and oxygen atoms in total. The van der Waals surface area contributed by atoms with Crippen molar-refractivity contribution < 1.29 is 9.53 Å². The van der Waals surface area contributed by atoms with Gasteiger partial charge in [0.2, 0.25) is 5.91 Å². The predicted molar refractivity (Wildman–Crippen MR) is 84.2 cm³/mol. The van der Waals surface area contributed by atoms with Crippen LogP contribution >= 0.6 is 0 Å². The highest BCUT2D eigenvalue weighted by Crippen LogP contribution is 2.17. The summed E-state index contributed by atoms with van der Waals surface area (Å²) in [5.41, 5.74) is 8.98. The van der Waals surface area contributed by atoms with Crippen LogP contribution in [0.15, 0.2) is 18.2 Å². The topological polar surface area (TPSA) is 55.6 Å². The zero-order chi connectivity index (χ0) is 15.2. The summed E-state index contributed by atoms with van der Waals surface area (Å²) in [4.78, 5) is 14.4. The van der Waals surface area contributed by atoms with Crippen LogP contribution in [-0.4, -0.2) is 43.2 Å². The smallest absolute Gasteiger partial charge is 0.227 e. The molecule has 1 aromatic carbocycles. The number of nitrogens with zero attached hydrogens (tertiary/aromatic N) is 1. The zero-order valence-electron chi connectivity index (χ0n) is 13.1. The van der Waals surface area contributed by atoms with E-state index in [0.717, 1.165) is 31.5 Å². The SMILES string of the molecule is Cc1ccc(C)c(CC(=O)N2CCC(OCCN)CC2)c1. The van der Waals surface area contributed by atoms with Gasteiger partial charge in [0.05, 0.1) is 19.1 Å². The third-order valence-corrected chi connectivity index (χ3v) is 4.11. The molecule has 1 amide bonds. The van der Waals surface area contributed by atoms with Crippen molar-refractivity contribution in [2.75, 3.05) is 26.2 Å². The normalized spacial score (nSPS) is 16.2. The molecular formula is C17H26N2O2. The van der Waals surface area contributed by atoms with Crippen molar-refractivity contribution in [1.29, 1.82) is 0 Å². The fraction of sp³-hybridized carbons (Fsp3) is 0.588. The number of carbonyl (C=O) groups excluding carboxylic acids is 1. The van der Waals surface area contributed by atoms with Gasteiger partial charge >= 0.3 is 0 Å². The number of nitrogens with two attached hydrogens (primary N) is 1. The van der Waals surface area contributed by atoms with Crippen LogP contribution in [0.5, 0.6) is 0 Å². The Morgan fingerprint density at radius 1 is 1.33 bits per heavy atom. The van der Waals surface area contributed by atoms with E-state index < -0.39 is 0 Å². The molecule has 0 saturated carbocycles. The lowest BCUT2D eigenvalue weighted by Crippen LogP contribution is -2.42. The van der Waals surface area contributed by atoms with Crippen LogP contribution in [-0.2, 0) is 16.0 Å². The minimum atomic E-state index is 0.223. The van der Waals surface area contributed by atoms with E-state index >= 15 is 0 Å². The summed E-state index contributed by atoms with van der Waals surface area (Å²) < 4.78 is 5.65. The molecule has 116 valence electrons. The van der Waals surface area contributed by atoms with Crippen LogP contribution in [0, 0.1) is 13.8 Å². The summed E-state index contributed by atoms with van der Waals surface area (Å²) in [5.74, 6) is 0.223. The molecule has 2 rings (SSSR count). The van der Waals surface area contributed by atoms with E-state index in [4.69, 9.17) is 10.5 Å². The molecule has 0 aliphatic carbocycles. The lowest BCUT2D eigenvalue weighted by Gasteiger charge is -2.32. The van der Waals surface area contributed by atoms with E-state index in [9.17, 15) is 4.79 Å². The van der Waals surface area contributed by atoms with Gasteiger partial charge in [-0.25, -0.2) is 0 Å². The fourth-order valence-corrected chi connectivity index (χ4v) is 2.77. The van der Waals surface area contributed by atoms with Gasteiger partial charge < -0.3 is 15.4 Å². The van der Waals surface area contributed by atoms with Crippen LogP contribution in [0.1, 0.15) is 29.5 Å². The molecule has 1 aromatic rings. The Hall–Kier alpha value is -1.39. The predicted octanol–water partition coefficient (Wildman–Crippen LogP) is 1.81. The Balaban J connectivity index is 1.86. The molecule has 0 radical (unpaired) electrons. The van der Waals surface area contributed by atoms with Crippen LogP contribution in [0.25, 0.3) is 0 Å². The van der Waals surface area contributed by atoms with Gasteiger partial charge in [-0.1, -0.05) is 23.8 Å². The van der Waals surface area contributed by atoms with E-state index in [0.29, 0.717) is 19.6 Å². The van der Waals surface area contributed by atoms with Gasteiger partial charge in [-0.2, -0.15) is 0 Å². The molecular weight excluding hydrogens is 264 g/mol. The first-order chi connectivity index (χ1) is 10.1. The standard InChI is InChI=1S/C17H26N2O2/c1-13-3-4-14(2)15(11-13)12-17(20)19-8-5-16(6-9-19)21-10-7-18/h3-4,11,16H,5-10,12,18H2,1-2H3. The minimum absolute atomic E-state index is 0.223. The number of rotatable bonds is 5. The van der Waals surface area contributed by atoms with Gasteiger partial charge in [0.1, 0.15) is 0 Å². The molecule has 1 heterocycles. The number of ether oxygens (including phenoxy) is 1. The van der Waals surface area contributed by atoms with Crippen molar-refractivity contribution >= 4 is 5.91 Å². The maximum atomic E-state index is 12.4. The number of benzene rings is 1. The zero-order valence-corrected chi connectivity index (χ0v) is 13.1. The van der Waals surface area contributed by atoms with Crippen molar-refractivity contribution in [2.24, 2.45) is 5.73 Å². The summed E-state index contributed by atoms with van der Waals surface area (Å²) in [6.45, 7) is 6.88. The molecule has 0 spiro atoms. The number of carbonyl (C=O) groups is 1. The van der Waals surface area contributed by atoms with Gasteiger partial charge in [-0.3, -0.25) is 4.79 Å². The van der Waals surface area contributed by atoms with Crippen molar-refractivity contribution in [1.82, 2.24) is 4.90 Å². The fourth-order valence-electron chi connectivity index (χ4n) is 2.77. The number of hydrogen-bond acceptors (Lipinski definition) is 3.